The van der Waals surface area contributed by atoms with E-state index in [2.05, 4.69) is 16.7 Å². The van der Waals surface area contributed by atoms with Crippen LogP contribution >= 0.6 is 11.8 Å². The first-order valence-corrected chi connectivity index (χ1v) is 6.60. The highest BCUT2D eigenvalue weighted by Crippen LogP contribution is 2.23. The predicted octanol–water partition coefficient (Wildman–Crippen LogP) is 0.575. The number of rotatable bonds is 2. The van der Waals surface area contributed by atoms with Gasteiger partial charge in [-0.1, -0.05) is 0 Å². The van der Waals surface area contributed by atoms with Crippen LogP contribution in [-0.4, -0.2) is 60.0 Å². The fraction of sp³-hybridized carbons (Fsp3) is 1.00. The van der Waals surface area contributed by atoms with Crippen LogP contribution < -0.4 is 0 Å². The minimum atomic E-state index is 0.0540. The molecule has 82 valence electrons. The summed E-state index contributed by atoms with van der Waals surface area (Å²) < 4.78 is 5.45. The van der Waals surface area contributed by atoms with Crippen LogP contribution in [-0.2, 0) is 4.74 Å². The Kier molecular flexibility index (Phi) is 4.10. The van der Waals surface area contributed by atoms with Gasteiger partial charge in [0.25, 0.3) is 0 Å². The number of ether oxygens (including phenoxy) is 1. The topological polar surface area (TPSA) is 32.7 Å². The Balaban J connectivity index is 1.83. The van der Waals surface area contributed by atoms with E-state index in [1.54, 1.807) is 0 Å². The van der Waals surface area contributed by atoms with E-state index in [4.69, 9.17) is 9.84 Å². The van der Waals surface area contributed by atoms with E-state index in [0.717, 1.165) is 25.7 Å². The summed E-state index contributed by atoms with van der Waals surface area (Å²) in [5.41, 5.74) is 0. The van der Waals surface area contributed by atoms with Crippen molar-refractivity contribution >= 4 is 11.8 Å². The Labute approximate surface area is 89.8 Å². The van der Waals surface area contributed by atoms with E-state index in [1.807, 2.05) is 0 Å². The zero-order chi connectivity index (χ0) is 9.80. The van der Waals surface area contributed by atoms with Crippen molar-refractivity contribution in [2.45, 2.75) is 25.0 Å². The first kappa shape index (κ1) is 10.7. The number of hydrogen-bond donors (Lipinski definition) is 1. The molecule has 0 saturated carbocycles. The van der Waals surface area contributed by atoms with Gasteiger partial charge in [0.2, 0.25) is 0 Å². The molecule has 0 bridgehead atoms. The van der Waals surface area contributed by atoms with Gasteiger partial charge < -0.3 is 9.84 Å². The summed E-state index contributed by atoms with van der Waals surface area (Å²) >= 11 is 2.06. The molecule has 0 amide bonds. The summed E-state index contributed by atoms with van der Waals surface area (Å²) in [4.78, 5) is 2.50. The molecule has 4 heteroatoms. The van der Waals surface area contributed by atoms with Crippen LogP contribution in [0.1, 0.15) is 12.8 Å². The van der Waals surface area contributed by atoms with Gasteiger partial charge in [0.15, 0.2) is 0 Å². The fourth-order valence-corrected chi connectivity index (χ4v) is 3.32. The number of hydrogen-bond acceptors (Lipinski definition) is 4. The van der Waals surface area contributed by atoms with E-state index in [1.165, 1.54) is 24.3 Å². The Morgan fingerprint density at radius 1 is 1.36 bits per heavy atom. The largest absolute Gasteiger partial charge is 0.394 e. The molecule has 1 N–H and O–H groups in total. The summed E-state index contributed by atoms with van der Waals surface area (Å²) in [6.07, 6.45) is 2.67. The van der Waals surface area contributed by atoms with Crippen LogP contribution in [0.3, 0.4) is 0 Å². The van der Waals surface area contributed by atoms with Crippen molar-refractivity contribution in [2.75, 3.05) is 37.8 Å². The highest BCUT2D eigenvalue weighted by Gasteiger charge is 2.26. The van der Waals surface area contributed by atoms with Crippen molar-refractivity contribution < 1.29 is 9.84 Å². The summed E-state index contributed by atoms with van der Waals surface area (Å²) in [7, 11) is 0. The number of morpholine rings is 1. The van der Waals surface area contributed by atoms with Gasteiger partial charge in [-0.05, 0) is 24.3 Å². The molecule has 2 heterocycles. The monoisotopic (exact) mass is 217 g/mol. The van der Waals surface area contributed by atoms with Gasteiger partial charge in [-0.2, -0.15) is 11.8 Å². The van der Waals surface area contributed by atoms with Crippen molar-refractivity contribution in [3.63, 3.8) is 0 Å². The summed E-state index contributed by atoms with van der Waals surface area (Å²) in [6.45, 7) is 2.92. The van der Waals surface area contributed by atoms with E-state index in [9.17, 15) is 0 Å². The SMILES string of the molecule is OC[C@H]1CN(C2CCSCC2)CCO1. The molecule has 3 nitrogen and oxygen atoms in total. The third kappa shape index (κ3) is 2.63. The highest BCUT2D eigenvalue weighted by molar-refractivity contribution is 7.99. The van der Waals surface area contributed by atoms with Crippen LogP contribution in [0.4, 0.5) is 0 Å². The molecule has 1 atom stereocenters. The van der Waals surface area contributed by atoms with Crippen LogP contribution in [0.15, 0.2) is 0 Å². The van der Waals surface area contributed by atoms with Gasteiger partial charge in [-0.15, -0.1) is 0 Å². The van der Waals surface area contributed by atoms with Gasteiger partial charge in [-0.25, -0.2) is 0 Å². The molecule has 2 aliphatic rings. The lowest BCUT2D eigenvalue weighted by molar-refractivity contribution is -0.0655. The first-order valence-electron chi connectivity index (χ1n) is 5.44. The maximum absolute atomic E-state index is 9.05. The first-order chi connectivity index (χ1) is 6.90. The van der Waals surface area contributed by atoms with Crippen LogP contribution in [0.2, 0.25) is 0 Å². The number of aliphatic hydroxyl groups excluding tert-OH is 1. The maximum atomic E-state index is 9.05. The van der Waals surface area contributed by atoms with E-state index in [-0.39, 0.29) is 12.7 Å². The van der Waals surface area contributed by atoms with Gasteiger partial charge in [0, 0.05) is 19.1 Å². The molecule has 0 aromatic rings. The molecule has 2 aliphatic heterocycles. The average Bonchev–Trinajstić information content (AvgIpc) is 2.30. The summed E-state index contributed by atoms with van der Waals surface area (Å²) in [5.74, 6) is 2.59. The molecule has 2 rings (SSSR count). The minimum absolute atomic E-state index is 0.0540. The standard InChI is InChI=1S/C10H19NO2S/c12-8-10-7-11(3-4-13-10)9-1-5-14-6-2-9/h9-10,12H,1-8H2/t10-/m1/s1. The van der Waals surface area contributed by atoms with Crippen molar-refractivity contribution in [2.24, 2.45) is 0 Å². The Bertz CT molecular complexity index is 174. The van der Waals surface area contributed by atoms with E-state index < -0.39 is 0 Å². The molecule has 0 radical (unpaired) electrons. The summed E-state index contributed by atoms with van der Waals surface area (Å²) in [6, 6.07) is 0.745. The number of nitrogens with zero attached hydrogens (tertiary/aromatic N) is 1. The zero-order valence-corrected chi connectivity index (χ0v) is 9.34. The molecule has 0 unspecified atom stereocenters. The van der Waals surface area contributed by atoms with Crippen LogP contribution in [0.25, 0.3) is 0 Å². The second-order valence-electron chi connectivity index (χ2n) is 4.01. The van der Waals surface area contributed by atoms with Crippen molar-refractivity contribution in [1.82, 2.24) is 4.90 Å². The number of thioether (sulfide) groups is 1. The molecule has 0 aliphatic carbocycles. The lowest BCUT2D eigenvalue weighted by Crippen LogP contribution is -2.49. The molecule has 0 spiro atoms. The minimum Gasteiger partial charge on any atom is -0.394 e. The maximum Gasteiger partial charge on any atom is 0.0932 e. The van der Waals surface area contributed by atoms with Gasteiger partial charge in [0.1, 0.15) is 0 Å². The molecular formula is C10H19NO2S. The quantitative estimate of drug-likeness (QED) is 0.733. The van der Waals surface area contributed by atoms with Crippen LogP contribution in [0.5, 0.6) is 0 Å². The number of aliphatic hydroxyl groups is 1. The molecule has 2 fully saturated rings. The Morgan fingerprint density at radius 2 is 2.14 bits per heavy atom. The lowest BCUT2D eigenvalue weighted by Gasteiger charge is -2.39. The average molecular weight is 217 g/mol. The second kappa shape index (κ2) is 5.35. The Morgan fingerprint density at radius 3 is 2.86 bits per heavy atom. The van der Waals surface area contributed by atoms with Gasteiger partial charge >= 0.3 is 0 Å². The Hall–Kier alpha value is 0.230. The molecule has 0 aromatic heterocycles. The second-order valence-corrected chi connectivity index (χ2v) is 5.24. The third-order valence-corrected chi connectivity index (χ3v) is 4.13. The summed E-state index contributed by atoms with van der Waals surface area (Å²) in [5, 5.41) is 9.05. The normalized spacial score (nSPS) is 31.9. The predicted molar refractivity (Wildman–Crippen MR) is 58.7 cm³/mol. The molecule has 0 aromatic carbocycles. The van der Waals surface area contributed by atoms with Crippen molar-refractivity contribution in [3.8, 4) is 0 Å². The lowest BCUT2D eigenvalue weighted by atomic mass is 10.1. The molecule has 2 saturated heterocycles. The fourth-order valence-electron chi connectivity index (χ4n) is 2.23. The third-order valence-electron chi connectivity index (χ3n) is 3.08. The smallest absolute Gasteiger partial charge is 0.0932 e. The zero-order valence-electron chi connectivity index (χ0n) is 8.52. The van der Waals surface area contributed by atoms with Gasteiger partial charge in [0.05, 0.1) is 19.3 Å². The van der Waals surface area contributed by atoms with E-state index >= 15 is 0 Å². The van der Waals surface area contributed by atoms with Crippen molar-refractivity contribution in [1.29, 1.82) is 0 Å². The van der Waals surface area contributed by atoms with Crippen molar-refractivity contribution in [3.05, 3.63) is 0 Å². The van der Waals surface area contributed by atoms with Gasteiger partial charge in [-0.3, -0.25) is 4.90 Å². The van der Waals surface area contributed by atoms with Crippen LogP contribution in [0, 0.1) is 0 Å². The highest BCUT2D eigenvalue weighted by atomic mass is 32.2. The molecule has 14 heavy (non-hydrogen) atoms. The molecular weight excluding hydrogens is 198 g/mol. The van der Waals surface area contributed by atoms with E-state index in [0.29, 0.717) is 0 Å².